The molecule has 0 saturated carbocycles. The number of nitrogens with one attached hydrogen (secondary N) is 1. The topological polar surface area (TPSA) is 56.5 Å². The van der Waals surface area contributed by atoms with Gasteiger partial charge in [-0.25, -0.2) is 0 Å². The molecule has 1 rings (SSSR count). The van der Waals surface area contributed by atoms with Crippen LogP contribution in [0.5, 0.6) is 5.75 Å². The molecule has 0 fully saturated rings. The summed E-state index contributed by atoms with van der Waals surface area (Å²) >= 11 is 0. The Morgan fingerprint density at radius 3 is 2.74 bits per heavy atom. The first-order chi connectivity index (χ1) is 9.22. The number of methoxy groups -OCH3 is 1. The summed E-state index contributed by atoms with van der Waals surface area (Å²) in [5.41, 5.74) is 4.05. The number of benzene rings is 1. The predicted octanol–water partition coefficient (Wildman–Crippen LogP) is 2.65. The van der Waals surface area contributed by atoms with Gasteiger partial charge in [-0.05, 0) is 36.5 Å². The Morgan fingerprint density at radius 2 is 2.11 bits per heavy atom. The van der Waals surface area contributed by atoms with E-state index in [4.69, 9.17) is 15.3 Å². The van der Waals surface area contributed by atoms with E-state index in [2.05, 4.69) is 31.4 Å². The van der Waals surface area contributed by atoms with E-state index in [1.165, 1.54) is 0 Å². The highest BCUT2D eigenvalue weighted by atomic mass is 16.5. The minimum absolute atomic E-state index is 0.111. The minimum Gasteiger partial charge on any atom is -0.494 e. The zero-order valence-electron chi connectivity index (χ0n) is 12.2. The third-order valence-corrected chi connectivity index (χ3v) is 3.22. The Hall–Kier alpha value is -1.10. The summed E-state index contributed by atoms with van der Waals surface area (Å²) in [6, 6.07) is 8.23. The van der Waals surface area contributed by atoms with Crippen LogP contribution < -0.4 is 16.0 Å². The fourth-order valence-electron chi connectivity index (χ4n) is 2.08. The SMILES string of the molecule is CCCOc1cccc(C(NN)C(C)CCOC)c1. The van der Waals surface area contributed by atoms with Gasteiger partial charge >= 0.3 is 0 Å². The molecule has 19 heavy (non-hydrogen) atoms. The minimum atomic E-state index is 0.111. The Kier molecular flexibility index (Phi) is 7.48. The lowest BCUT2D eigenvalue weighted by Crippen LogP contribution is -2.33. The van der Waals surface area contributed by atoms with Crippen LogP contribution in [0, 0.1) is 5.92 Å². The van der Waals surface area contributed by atoms with Crippen LogP contribution in [0.3, 0.4) is 0 Å². The lowest BCUT2D eigenvalue weighted by molar-refractivity contribution is 0.170. The molecule has 1 aromatic rings. The summed E-state index contributed by atoms with van der Waals surface area (Å²) in [6.45, 7) is 5.75. The first-order valence-electron chi connectivity index (χ1n) is 6.90. The second kappa shape index (κ2) is 8.91. The molecule has 2 atom stereocenters. The van der Waals surface area contributed by atoms with E-state index in [-0.39, 0.29) is 6.04 Å². The van der Waals surface area contributed by atoms with Gasteiger partial charge in [0, 0.05) is 19.8 Å². The highest BCUT2D eigenvalue weighted by molar-refractivity contribution is 5.30. The van der Waals surface area contributed by atoms with Crippen molar-refractivity contribution in [3.05, 3.63) is 29.8 Å². The van der Waals surface area contributed by atoms with Gasteiger partial charge in [0.15, 0.2) is 0 Å². The second-order valence-corrected chi connectivity index (χ2v) is 4.82. The number of ether oxygens (including phenoxy) is 2. The molecule has 3 N–H and O–H groups in total. The van der Waals surface area contributed by atoms with Gasteiger partial charge < -0.3 is 9.47 Å². The van der Waals surface area contributed by atoms with E-state index in [0.29, 0.717) is 5.92 Å². The number of hydrogen-bond acceptors (Lipinski definition) is 4. The zero-order chi connectivity index (χ0) is 14.1. The van der Waals surface area contributed by atoms with Gasteiger partial charge in [-0.2, -0.15) is 0 Å². The Balaban J connectivity index is 2.73. The van der Waals surface area contributed by atoms with E-state index in [1.54, 1.807) is 7.11 Å². The van der Waals surface area contributed by atoms with E-state index in [9.17, 15) is 0 Å². The van der Waals surface area contributed by atoms with Crippen molar-refractivity contribution in [3.8, 4) is 5.75 Å². The first-order valence-corrected chi connectivity index (χ1v) is 6.90. The highest BCUT2D eigenvalue weighted by Gasteiger charge is 2.18. The largest absolute Gasteiger partial charge is 0.494 e. The van der Waals surface area contributed by atoms with Crippen LogP contribution in [-0.2, 0) is 4.74 Å². The fraction of sp³-hybridized carbons (Fsp3) is 0.600. The molecule has 0 aliphatic heterocycles. The normalized spacial score (nSPS) is 14.1. The highest BCUT2D eigenvalue weighted by Crippen LogP contribution is 2.26. The molecule has 4 nitrogen and oxygen atoms in total. The van der Waals surface area contributed by atoms with Crippen LogP contribution in [0.1, 0.15) is 38.3 Å². The molecule has 2 unspecified atom stereocenters. The van der Waals surface area contributed by atoms with Gasteiger partial charge in [-0.1, -0.05) is 26.0 Å². The standard InChI is InChI=1S/C15H26N2O2/c1-4-9-19-14-7-5-6-13(11-14)15(17-16)12(2)8-10-18-3/h5-7,11-12,15,17H,4,8-10,16H2,1-3H3. The monoisotopic (exact) mass is 266 g/mol. The van der Waals surface area contributed by atoms with Crippen molar-refractivity contribution in [2.45, 2.75) is 32.7 Å². The molecule has 1 aromatic carbocycles. The van der Waals surface area contributed by atoms with Crippen LogP contribution in [0.2, 0.25) is 0 Å². The molecule has 0 aromatic heterocycles. The molecule has 0 bridgehead atoms. The van der Waals surface area contributed by atoms with Crippen molar-refractivity contribution in [3.63, 3.8) is 0 Å². The summed E-state index contributed by atoms with van der Waals surface area (Å²) in [6.07, 6.45) is 1.97. The quantitative estimate of drug-likeness (QED) is 0.533. The van der Waals surface area contributed by atoms with Crippen LogP contribution >= 0.6 is 0 Å². The average Bonchev–Trinajstić information content (AvgIpc) is 2.44. The Labute approximate surface area is 116 Å². The van der Waals surface area contributed by atoms with Crippen LogP contribution in [0.15, 0.2) is 24.3 Å². The van der Waals surface area contributed by atoms with E-state index < -0.39 is 0 Å². The average molecular weight is 266 g/mol. The molecule has 0 aliphatic rings. The van der Waals surface area contributed by atoms with Gasteiger partial charge in [0.05, 0.1) is 6.61 Å². The smallest absolute Gasteiger partial charge is 0.119 e. The van der Waals surface area contributed by atoms with E-state index >= 15 is 0 Å². The van der Waals surface area contributed by atoms with Crippen LogP contribution in [0.4, 0.5) is 0 Å². The lowest BCUT2D eigenvalue weighted by atomic mass is 9.92. The number of hydrogen-bond donors (Lipinski definition) is 2. The summed E-state index contributed by atoms with van der Waals surface area (Å²) in [5, 5.41) is 0. The molecular weight excluding hydrogens is 240 g/mol. The van der Waals surface area contributed by atoms with Crippen molar-refractivity contribution < 1.29 is 9.47 Å². The lowest BCUT2D eigenvalue weighted by Gasteiger charge is -2.24. The molecule has 0 spiro atoms. The molecular formula is C15H26N2O2. The van der Waals surface area contributed by atoms with E-state index in [1.807, 2.05) is 12.1 Å². The maximum Gasteiger partial charge on any atom is 0.119 e. The predicted molar refractivity (Wildman–Crippen MR) is 77.9 cm³/mol. The maximum atomic E-state index is 5.70. The number of rotatable bonds is 9. The van der Waals surface area contributed by atoms with Crippen molar-refractivity contribution in [1.82, 2.24) is 5.43 Å². The van der Waals surface area contributed by atoms with Crippen LogP contribution in [-0.4, -0.2) is 20.3 Å². The van der Waals surface area contributed by atoms with Gasteiger partial charge in [0.2, 0.25) is 0 Å². The third-order valence-electron chi connectivity index (χ3n) is 3.22. The maximum absolute atomic E-state index is 5.70. The number of nitrogens with two attached hydrogens (primary N) is 1. The van der Waals surface area contributed by atoms with Gasteiger partial charge in [-0.15, -0.1) is 0 Å². The molecule has 4 heteroatoms. The second-order valence-electron chi connectivity index (χ2n) is 4.82. The molecule has 0 heterocycles. The summed E-state index contributed by atoms with van der Waals surface area (Å²) in [4.78, 5) is 0. The van der Waals surface area contributed by atoms with Crippen molar-refractivity contribution in [1.29, 1.82) is 0 Å². The summed E-state index contributed by atoms with van der Waals surface area (Å²) in [5.74, 6) is 6.99. The molecule has 108 valence electrons. The van der Waals surface area contributed by atoms with Crippen LogP contribution in [0.25, 0.3) is 0 Å². The van der Waals surface area contributed by atoms with Crippen molar-refractivity contribution in [2.75, 3.05) is 20.3 Å². The first kappa shape index (κ1) is 16.0. The fourth-order valence-corrected chi connectivity index (χ4v) is 2.08. The summed E-state index contributed by atoms with van der Waals surface area (Å²) < 4.78 is 10.8. The third kappa shape index (κ3) is 5.19. The zero-order valence-corrected chi connectivity index (χ0v) is 12.2. The van der Waals surface area contributed by atoms with Crippen molar-refractivity contribution >= 4 is 0 Å². The van der Waals surface area contributed by atoms with Gasteiger partial charge in [-0.3, -0.25) is 11.3 Å². The Morgan fingerprint density at radius 1 is 1.32 bits per heavy atom. The molecule has 0 aliphatic carbocycles. The van der Waals surface area contributed by atoms with Gasteiger partial charge in [0.1, 0.15) is 5.75 Å². The summed E-state index contributed by atoms with van der Waals surface area (Å²) in [7, 11) is 1.72. The van der Waals surface area contributed by atoms with Crippen molar-refractivity contribution in [2.24, 2.45) is 11.8 Å². The van der Waals surface area contributed by atoms with Gasteiger partial charge in [0.25, 0.3) is 0 Å². The molecule has 0 amide bonds. The molecule has 0 saturated heterocycles. The van der Waals surface area contributed by atoms with E-state index in [0.717, 1.165) is 37.4 Å². The number of hydrazine groups is 1. The molecule has 0 radical (unpaired) electrons. The Bertz CT molecular complexity index is 358.